The van der Waals surface area contributed by atoms with E-state index in [2.05, 4.69) is 41.4 Å². The first-order chi connectivity index (χ1) is 12.7. The van der Waals surface area contributed by atoms with Gasteiger partial charge < -0.3 is 13.9 Å². The molecule has 0 fully saturated rings. The van der Waals surface area contributed by atoms with Crippen LogP contribution in [0, 0.1) is 0 Å². The standard InChI is InChI=1S/C20H22N2O3S/c1-14(9-10-15-7-5-4-6-8-15)26-20-22-21-19(25-20)16-11-12-17(23-2)18(13-16)24-3/h4-8,11-14H,9-10H2,1-3H3. The maximum absolute atomic E-state index is 5.81. The summed E-state index contributed by atoms with van der Waals surface area (Å²) in [5.74, 6) is 1.78. The van der Waals surface area contributed by atoms with Gasteiger partial charge in [0.05, 0.1) is 14.2 Å². The average molecular weight is 370 g/mol. The van der Waals surface area contributed by atoms with Crippen LogP contribution >= 0.6 is 11.8 Å². The van der Waals surface area contributed by atoms with Crippen LogP contribution in [-0.4, -0.2) is 29.7 Å². The van der Waals surface area contributed by atoms with Gasteiger partial charge in [0.1, 0.15) is 0 Å². The molecule has 0 amide bonds. The number of thioether (sulfide) groups is 1. The SMILES string of the molecule is COc1ccc(-c2nnc(SC(C)CCc3ccccc3)o2)cc1OC. The van der Waals surface area contributed by atoms with E-state index >= 15 is 0 Å². The zero-order valence-corrected chi connectivity index (χ0v) is 16.0. The molecule has 0 aliphatic carbocycles. The summed E-state index contributed by atoms with van der Waals surface area (Å²) in [6.45, 7) is 2.17. The summed E-state index contributed by atoms with van der Waals surface area (Å²) in [6, 6.07) is 16.0. The van der Waals surface area contributed by atoms with Gasteiger partial charge in [0.15, 0.2) is 11.5 Å². The van der Waals surface area contributed by atoms with E-state index in [0.29, 0.717) is 27.9 Å². The van der Waals surface area contributed by atoms with Gasteiger partial charge in [-0.3, -0.25) is 0 Å². The second kappa shape index (κ2) is 8.76. The maximum atomic E-state index is 5.81. The molecule has 0 saturated heterocycles. The van der Waals surface area contributed by atoms with Crippen LogP contribution in [0.4, 0.5) is 0 Å². The molecular formula is C20H22N2O3S. The van der Waals surface area contributed by atoms with Crippen LogP contribution in [0.1, 0.15) is 18.9 Å². The highest BCUT2D eigenvalue weighted by Crippen LogP contribution is 2.33. The summed E-state index contributed by atoms with van der Waals surface area (Å²) in [5, 5.41) is 9.28. The number of nitrogens with zero attached hydrogens (tertiary/aromatic N) is 2. The van der Waals surface area contributed by atoms with Crippen LogP contribution in [-0.2, 0) is 6.42 Å². The van der Waals surface area contributed by atoms with Crippen molar-refractivity contribution in [3.05, 3.63) is 54.1 Å². The molecule has 0 radical (unpaired) electrons. The highest BCUT2D eigenvalue weighted by Gasteiger charge is 2.14. The molecule has 1 unspecified atom stereocenters. The average Bonchev–Trinajstić information content (AvgIpc) is 3.15. The van der Waals surface area contributed by atoms with Crippen molar-refractivity contribution in [3.63, 3.8) is 0 Å². The number of benzene rings is 2. The summed E-state index contributed by atoms with van der Waals surface area (Å²) < 4.78 is 16.4. The molecule has 0 bridgehead atoms. The van der Waals surface area contributed by atoms with Crippen LogP contribution < -0.4 is 9.47 Å². The summed E-state index contributed by atoms with van der Waals surface area (Å²) in [4.78, 5) is 0. The van der Waals surface area contributed by atoms with Crippen LogP contribution in [0.5, 0.6) is 11.5 Å². The summed E-state index contributed by atoms with van der Waals surface area (Å²) in [6.07, 6.45) is 2.08. The van der Waals surface area contributed by atoms with Crippen molar-refractivity contribution in [1.29, 1.82) is 0 Å². The quantitative estimate of drug-likeness (QED) is 0.527. The molecule has 136 valence electrons. The summed E-state index contributed by atoms with van der Waals surface area (Å²) in [7, 11) is 3.21. The Morgan fingerprint density at radius 3 is 2.50 bits per heavy atom. The molecule has 0 aliphatic heterocycles. The first-order valence-electron chi connectivity index (χ1n) is 8.46. The largest absolute Gasteiger partial charge is 0.493 e. The first kappa shape index (κ1) is 18.3. The monoisotopic (exact) mass is 370 g/mol. The molecule has 3 rings (SSSR count). The minimum atomic E-state index is 0.383. The minimum absolute atomic E-state index is 0.383. The molecule has 5 nitrogen and oxygen atoms in total. The highest BCUT2D eigenvalue weighted by atomic mass is 32.2. The normalized spacial score (nSPS) is 12.0. The lowest BCUT2D eigenvalue weighted by Gasteiger charge is -2.08. The Morgan fingerprint density at radius 2 is 1.77 bits per heavy atom. The summed E-state index contributed by atoms with van der Waals surface area (Å²) in [5.41, 5.74) is 2.15. The Morgan fingerprint density at radius 1 is 1.00 bits per heavy atom. The molecule has 1 heterocycles. The van der Waals surface area contributed by atoms with Gasteiger partial charge in [-0.25, -0.2) is 0 Å². The third-order valence-corrected chi connectivity index (χ3v) is 5.03. The molecule has 1 aromatic heterocycles. The number of methoxy groups -OCH3 is 2. The topological polar surface area (TPSA) is 57.4 Å². The number of aromatic nitrogens is 2. The van der Waals surface area contributed by atoms with E-state index in [1.54, 1.807) is 26.0 Å². The molecule has 3 aromatic rings. The van der Waals surface area contributed by atoms with Gasteiger partial charge in [0.2, 0.25) is 5.89 Å². The van der Waals surface area contributed by atoms with Gasteiger partial charge in [-0.2, -0.15) is 0 Å². The Hall–Kier alpha value is -2.47. The first-order valence-corrected chi connectivity index (χ1v) is 9.34. The third kappa shape index (κ3) is 4.58. The van der Waals surface area contributed by atoms with E-state index in [0.717, 1.165) is 18.4 Å². The number of ether oxygens (including phenoxy) is 2. The predicted octanol–water partition coefficient (Wildman–Crippen LogP) is 4.87. The number of hydrogen-bond acceptors (Lipinski definition) is 6. The lowest BCUT2D eigenvalue weighted by atomic mass is 10.1. The van der Waals surface area contributed by atoms with Crippen molar-refractivity contribution in [2.45, 2.75) is 30.2 Å². The molecule has 0 N–H and O–H groups in total. The van der Waals surface area contributed by atoms with E-state index in [9.17, 15) is 0 Å². The lowest BCUT2D eigenvalue weighted by molar-refractivity contribution is 0.355. The van der Waals surface area contributed by atoms with Crippen LogP contribution in [0.3, 0.4) is 0 Å². The van der Waals surface area contributed by atoms with Gasteiger partial charge in [-0.05, 0) is 36.6 Å². The molecular weight excluding hydrogens is 348 g/mol. The minimum Gasteiger partial charge on any atom is -0.493 e. The van der Waals surface area contributed by atoms with E-state index in [4.69, 9.17) is 13.9 Å². The number of hydrogen-bond donors (Lipinski definition) is 0. The van der Waals surface area contributed by atoms with Gasteiger partial charge in [-0.15, -0.1) is 10.2 Å². The molecule has 6 heteroatoms. The van der Waals surface area contributed by atoms with Gasteiger partial charge in [0.25, 0.3) is 5.22 Å². The molecule has 1 atom stereocenters. The van der Waals surface area contributed by atoms with Crippen molar-refractivity contribution >= 4 is 11.8 Å². The van der Waals surface area contributed by atoms with E-state index in [-0.39, 0.29) is 0 Å². The van der Waals surface area contributed by atoms with Gasteiger partial charge >= 0.3 is 0 Å². The fourth-order valence-corrected chi connectivity index (χ4v) is 3.38. The zero-order valence-electron chi connectivity index (χ0n) is 15.1. The Labute approximate surface area is 157 Å². The second-order valence-electron chi connectivity index (χ2n) is 5.90. The lowest BCUT2D eigenvalue weighted by Crippen LogP contribution is -1.98. The van der Waals surface area contributed by atoms with Crippen molar-refractivity contribution in [2.75, 3.05) is 14.2 Å². The van der Waals surface area contributed by atoms with E-state index in [1.165, 1.54) is 5.56 Å². The fourth-order valence-electron chi connectivity index (χ4n) is 2.59. The van der Waals surface area contributed by atoms with Crippen molar-refractivity contribution in [3.8, 4) is 23.0 Å². The van der Waals surface area contributed by atoms with E-state index < -0.39 is 0 Å². The fraction of sp³-hybridized carbons (Fsp3) is 0.300. The highest BCUT2D eigenvalue weighted by molar-refractivity contribution is 7.99. The van der Waals surface area contributed by atoms with Crippen LogP contribution in [0.15, 0.2) is 58.2 Å². The number of rotatable bonds is 8. The van der Waals surface area contributed by atoms with Crippen molar-refractivity contribution in [2.24, 2.45) is 0 Å². The molecule has 2 aromatic carbocycles. The zero-order chi connectivity index (χ0) is 18.4. The van der Waals surface area contributed by atoms with Crippen molar-refractivity contribution < 1.29 is 13.9 Å². The smallest absolute Gasteiger partial charge is 0.277 e. The predicted molar refractivity (Wildman–Crippen MR) is 103 cm³/mol. The third-order valence-electron chi connectivity index (χ3n) is 4.02. The number of aryl methyl sites for hydroxylation is 1. The Bertz CT molecular complexity index is 836. The molecule has 0 spiro atoms. The molecule has 0 aliphatic rings. The van der Waals surface area contributed by atoms with Gasteiger partial charge in [-0.1, -0.05) is 49.0 Å². The summed E-state index contributed by atoms with van der Waals surface area (Å²) >= 11 is 1.60. The maximum Gasteiger partial charge on any atom is 0.277 e. The van der Waals surface area contributed by atoms with E-state index in [1.807, 2.05) is 24.3 Å². The molecule has 26 heavy (non-hydrogen) atoms. The Balaban J connectivity index is 1.62. The molecule has 0 saturated carbocycles. The van der Waals surface area contributed by atoms with Crippen LogP contribution in [0.25, 0.3) is 11.5 Å². The van der Waals surface area contributed by atoms with Gasteiger partial charge in [0, 0.05) is 10.8 Å². The van der Waals surface area contributed by atoms with Crippen LogP contribution in [0.2, 0.25) is 0 Å². The second-order valence-corrected chi connectivity index (χ2v) is 7.29. The van der Waals surface area contributed by atoms with Crippen molar-refractivity contribution in [1.82, 2.24) is 10.2 Å². The Kier molecular flexibility index (Phi) is 6.17.